The smallest absolute Gasteiger partial charge is 0.258 e. The summed E-state index contributed by atoms with van der Waals surface area (Å²) in [7, 11) is 0. The molecule has 0 aliphatic carbocycles. The summed E-state index contributed by atoms with van der Waals surface area (Å²) >= 11 is 3.16. The molecule has 0 aromatic heterocycles. The fourth-order valence-electron chi connectivity index (χ4n) is 1.43. The summed E-state index contributed by atoms with van der Waals surface area (Å²) in [6.45, 7) is 0. The van der Waals surface area contributed by atoms with Crippen LogP contribution in [0.5, 0.6) is 0 Å². The average Bonchev–Trinajstić information content (AvgIpc) is 2.34. The van der Waals surface area contributed by atoms with Crippen LogP contribution >= 0.6 is 15.9 Å². The molecule has 1 N–H and O–H groups in total. The minimum absolute atomic E-state index is 0.00220. The predicted molar refractivity (Wildman–Crippen MR) is 68.5 cm³/mol. The first kappa shape index (κ1) is 12.7. The molecule has 0 heterocycles. The van der Waals surface area contributed by atoms with Crippen molar-refractivity contribution in [3.8, 4) is 0 Å². The van der Waals surface area contributed by atoms with Crippen LogP contribution in [0, 0.1) is 11.6 Å². The molecule has 92 valence electrons. The fourth-order valence-corrected chi connectivity index (χ4v) is 1.79. The van der Waals surface area contributed by atoms with Crippen molar-refractivity contribution in [2.24, 2.45) is 0 Å². The van der Waals surface area contributed by atoms with E-state index in [0.29, 0.717) is 4.47 Å². The van der Waals surface area contributed by atoms with Crippen LogP contribution in [0.1, 0.15) is 10.4 Å². The Kier molecular flexibility index (Phi) is 3.72. The maximum absolute atomic E-state index is 13.4. The minimum Gasteiger partial charge on any atom is -0.319 e. The lowest BCUT2D eigenvalue weighted by Crippen LogP contribution is -2.14. The van der Waals surface area contributed by atoms with E-state index < -0.39 is 17.5 Å². The van der Waals surface area contributed by atoms with E-state index in [-0.39, 0.29) is 11.3 Å². The van der Waals surface area contributed by atoms with Crippen molar-refractivity contribution in [1.29, 1.82) is 0 Å². The summed E-state index contributed by atoms with van der Waals surface area (Å²) < 4.78 is 27.4. The quantitative estimate of drug-likeness (QED) is 0.893. The molecule has 0 aliphatic rings. The maximum atomic E-state index is 13.4. The molecule has 1 amide bonds. The van der Waals surface area contributed by atoms with E-state index in [1.807, 2.05) is 0 Å². The second-order valence-electron chi connectivity index (χ2n) is 3.56. The molecule has 2 aromatic carbocycles. The van der Waals surface area contributed by atoms with Gasteiger partial charge in [-0.05, 0) is 30.3 Å². The van der Waals surface area contributed by atoms with Crippen molar-refractivity contribution in [1.82, 2.24) is 0 Å². The summed E-state index contributed by atoms with van der Waals surface area (Å²) in [5, 5.41) is 2.32. The Hall–Kier alpha value is -1.75. The molecule has 18 heavy (non-hydrogen) atoms. The van der Waals surface area contributed by atoms with E-state index in [0.717, 1.165) is 0 Å². The molecule has 0 atom stereocenters. The van der Waals surface area contributed by atoms with Gasteiger partial charge in [-0.2, -0.15) is 0 Å². The second-order valence-corrected chi connectivity index (χ2v) is 4.47. The molecular weight excluding hydrogens is 304 g/mol. The number of nitrogens with one attached hydrogen (secondary N) is 1. The number of carbonyl (C=O) groups excluding carboxylic acids is 1. The molecule has 0 unspecified atom stereocenters. The van der Waals surface area contributed by atoms with Crippen molar-refractivity contribution in [3.63, 3.8) is 0 Å². The van der Waals surface area contributed by atoms with Gasteiger partial charge >= 0.3 is 0 Å². The predicted octanol–water partition coefficient (Wildman–Crippen LogP) is 3.98. The Bertz CT molecular complexity index is 601. The molecule has 2 aromatic rings. The van der Waals surface area contributed by atoms with Crippen LogP contribution < -0.4 is 5.32 Å². The summed E-state index contributed by atoms with van der Waals surface area (Å²) in [4.78, 5) is 11.8. The summed E-state index contributed by atoms with van der Waals surface area (Å²) in [5.41, 5.74) is -0.130. The van der Waals surface area contributed by atoms with Gasteiger partial charge in [-0.25, -0.2) is 8.78 Å². The highest BCUT2D eigenvalue weighted by atomic mass is 79.9. The van der Waals surface area contributed by atoms with E-state index >= 15 is 0 Å². The molecule has 2 rings (SSSR count). The first-order chi connectivity index (χ1) is 8.58. The fraction of sp³-hybridized carbons (Fsp3) is 0. The van der Waals surface area contributed by atoms with Crippen LogP contribution in [-0.4, -0.2) is 5.91 Å². The summed E-state index contributed by atoms with van der Waals surface area (Å²) in [6.07, 6.45) is 0. The zero-order valence-corrected chi connectivity index (χ0v) is 10.7. The third kappa shape index (κ3) is 2.73. The number of halogens is 3. The van der Waals surface area contributed by atoms with E-state index in [1.54, 1.807) is 0 Å². The Labute approximate surface area is 111 Å². The molecule has 0 bridgehead atoms. The van der Waals surface area contributed by atoms with Gasteiger partial charge in [-0.3, -0.25) is 4.79 Å². The normalized spacial score (nSPS) is 10.2. The third-order valence-electron chi connectivity index (χ3n) is 2.30. The van der Waals surface area contributed by atoms with Crippen molar-refractivity contribution >= 4 is 27.5 Å². The highest BCUT2D eigenvalue weighted by Gasteiger charge is 2.13. The topological polar surface area (TPSA) is 29.1 Å². The highest BCUT2D eigenvalue weighted by molar-refractivity contribution is 9.10. The summed E-state index contributed by atoms with van der Waals surface area (Å²) in [6, 6.07) is 9.65. The van der Waals surface area contributed by atoms with Gasteiger partial charge in [-0.1, -0.05) is 28.1 Å². The maximum Gasteiger partial charge on any atom is 0.258 e. The van der Waals surface area contributed by atoms with Crippen LogP contribution in [0.25, 0.3) is 0 Å². The standard InChI is InChI=1S/C13H8BrF2NO/c14-8-5-6-11(16)12(7-8)17-13(18)9-3-1-2-4-10(9)15/h1-7H,(H,17,18). The molecule has 5 heteroatoms. The van der Waals surface area contributed by atoms with E-state index in [2.05, 4.69) is 21.2 Å². The Morgan fingerprint density at radius 2 is 1.78 bits per heavy atom. The monoisotopic (exact) mass is 311 g/mol. The lowest BCUT2D eigenvalue weighted by atomic mass is 10.2. The molecule has 2 nitrogen and oxygen atoms in total. The largest absolute Gasteiger partial charge is 0.319 e. The van der Waals surface area contributed by atoms with Gasteiger partial charge in [-0.15, -0.1) is 0 Å². The molecular formula is C13H8BrF2NO. The van der Waals surface area contributed by atoms with Crippen molar-refractivity contribution in [3.05, 3.63) is 64.1 Å². The molecule has 0 radical (unpaired) electrons. The molecule has 0 spiro atoms. The molecule has 0 fully saturated rings. The van der Waals surface area contributed by atoms with Crippen molar-refractivity contribution in [2.75, 3.05) is 5.32 Å². The van der Waals surface area contributed by atoms with E-state index in [1.165, 1.54) is 42.5 Å². The number of benzene rings is 2. The average molecular weight is 312 g/mol. The second kappa shape index (κ2) is 5.27. The number of anilines is 1. The molecule has 0 saturated carbocycles. The number of rotatable bonds is 2. The number of carbonyl (C=O) groups is 1. The first-order valence-electron chi connectivity index (χ1n) is 5.09. The molecule has 0 aliphatic heterocycles. The van der Waals surface area contributed by atoms with Gasteiger partial charge in [0, 0.05) is 4.47 Å². The van der Waals surface area contributed by atoms with Gasteiger partial charge < -0.3 is 5.32 Å². The summed E-state index contributed by atoms with van der Waals surface area (Å²) in [5.74, 6) is -1.92. The lowest BCUT2D eigenvalue weighted by Gasteiger charge is -2.07. The van der Waals surface area contributed by atoms with Gasteiger partial charge in [0.15, 0.2) is 0 Å². The zero-order chi connectivity index (χ0) is 13.1. The highest BCUT2D eigenvalue weighted by Crippen LogP contribution is 2.21. The number of hydrogen-bond acceptors (Lipinski definition) is 1. The first-order valence-corrected chi connectivity index (χ1v) is 5.88. The molecule has 0 saturated heterocycles. The SMILES string of the molecule is O=C(Nc1cc(Br)ccc1F)c1ccccc1F. The van der Waals surface area contributed by atoms with Crippen LogP contribution in [0.3, 0.4) is 0 Å². The van der Waals surface area contributed by atoms with Crippen molar-refractivity contribution < 1.29 is 13.6 Å². The zero-order valence-electron chi connectivity index (χ0n) is 9.08. The van der Waals surface area contributed by atoms with Crippen LogP contribution in [-0.2, 0) is 0 Å². The van der Waals surface area contributed by atoms with Gasteiger partial charge in [0.05, 0.1) is 11.3 Å². The van der Waals surface area contributed by atoms with Crippen LogP contribution in [0.2, 0.25) is 0 Å². The van der Waals surface area contributed by atoms with Gasteiger partial charge in [0.2, 0.25) is 0 Å². The van der Waals surface area contributed by atoms with Crippen molar-refractivity contribution in [2.45, 2.75) is 0 Å². The van der Waals surface area contributed by atoms with Gasteiger partial charge in [0.1, 0.15) is 11.6 Å². The van der Waals surface area contributed by atoms with Crippen LogP contribution in [0.15, 0.2) is 46.9 Å². The minimum atomic E-state index is -0.690. The van der Waals surface area contributed by atoms with E-state index in [4.69, 9.17) is 0 Å². The van der Waals surface area contributed by atoms with E-state index in [9.17, 15) is 13.6 Å². The Morgan fingerprint density at radius 1 is 1.06 bits per heavy atom. The Morgan fingerprint density at radius 3 is 2.50 bits per heavy atom. The third-order valence-corrected chi connectivity index (χ3v) is 2.79. The van der Waals surface area contributed by atoms with Gasteiger partial charge in [0.25, 0.3) is 5.91 Å². The lowest BCUT2D eigenvalue weighted by molar-refractivity contribution is 0.102. The van der Waals surface area contributed by atoms with Crippen LogP contribution in [0.4, 0.5) is 14.5 Å². The number of amides is 1. The number of hydrogen-bond donors (Lipinski definition) is 1. The Balaban J connectivity index is 2.27.